The number of aryl methyl sites for hydroxylation is 1. The van der Waals surface area contributed by atoms with Crippen LogP contribution in [0.25, 0.3) is 38.8 Å². The summed E-state index contributed by atoms with van der Waals surface area (Å²) in [5.74, 6) is 2.17. The maximum atomic E-state index is 6.95. The van der Waals surface area contributed by atoms with Gasteiger partial charge in [-0.1, -0.05) is 141 Å². The first-order valence-corrected chi connectivity index (χ1v) is 21.2. The van der Waals surface area contributed by atoms with E-state index in [1.165, 1.54) is 50.4 Å². The van der Waals surface area contributed by atoms with Crippen molar-refractivity contribution in [1.82, 2.24) is 18.7 Å². The molecule has 6 heteroatoms. The first-order valence-electron chi connectivity index (χ1n) is 21.2. The summed E-state index contributed by atoms with van der Waals surface area (Å²) in [4.78, 5) is 4.97. The minimum absolute atomic E-state index is 0. The second-order valence-corrected chi connectivity index (χ2v) is 19.8. The van der Waals surface area contributed by atoms with E-state index in [-0.39, 0.29) is 37.3 Å². The van der Waals surface area contributed by atoms with Crippen LogP contribution >= 0.6 is 0 Å². The predicted octanol–water partition coefficient (Wildman–Crippen LogP) is 14.8. The van der Waals surface area contributed by atoms with E-state index in [2.05, 4.69) is 214 Å². The zero-order valence-electron chi connectivity index (χ0n) is 36.8. The van der Waals surface area contributed by atoms with Gasteiger partial charge < -0.3 is 9.30 Å². The third-order valence-corrected chi connectivity index (χ3v) is 12.7. The maximum absolute atomic E-state index is 6.95. The Bertz CT molecular complexity index is 3020. The van der Waals surface area contributed by atoms with E-state index in [0.29, 0.717) is 20.7 Å². The van der Waals surface area contributed by atoms with Crippen molar-refractivity contribution in [2.24, 2.45) is 0 Å². The van der Waals surface area contributed by atoms with Crippen LogP contribution in [0.4, 0.5) is 22.7 Å². The van der Waals surface area contributed by atoms with Gasteiger partial charge in [0.05, 0.1) is 5.69 Å². The minimum atomic E-state index is -0.149. The number of quaternary nitrogens is 2. The number of hydrogen-bond acceptors (Lipinski definition) is 2. The summed E-state index contributed by atoms with van der Waals surface area (Å²) in [6.07, 6.45) is 1.93. The molecule has 2 aliphatic heterocycles. The Balaban J connectivity index is 0.00000476. The quantitative estimate of drug-likeness (QED) is 0.0943. The van der Waals surface area contributed by atoms with E-state index in [9.17, 15) is 0 Å². The summed E-state index contributed by atoms with van der Waals surface area (Å²) in [5, 5.41) is 2.27. The molecule has 4 heterocycles. The molecule has 0 aliphatic carbocycles. The van der Waals surface area contributed by atoms with Gasteiger partial charge in [0.15, 0.2) is 12.4 Å². The number of nitrogens with zero attached hydrogens (tertiary/aromatic N) is 4. The van der Waals surface area contributed by atoms with Crippen molar-refractivity contribution in [3.63, 3.8) is 0 Å². The molecule has 1 saturated heterocycles. The van der Waals surface area contributed by atoms with Gasteiger partial charge >= 0.3 is 0 Å². The number of rotatable bonds is 6. The number of fused-ring (bicyclic) bond motifs is 7. The van der Waals surface area contributed by atoms with Crippen molar-refractivity contribution in [3.05, 3.63) is 175 Å². The molecule has 6 aromatic carbocycles. The second kappa shape index (κ2) is 14.1. The molecule has 0 amide bonds. The number of hydrogen-bond donors (Lipinski definition) is 0. The van der Waals surface area contributed by atoms with Crippen molar-refractivity contribution in [2.45, 2.75) is 85.5 Å². The topological polar surface area (TPSA) is 27.1 Å². The molecule has 0 saturated carbocycles. The van der Waals surface area contributed by atoms with Gasteiger partial charge in [0.1, 0.15) is 5.82 Å². The van der Waals surface area contributed by atoms with Crippen molar-refractivity contribution in [1.29, 1.82) is 0 Å². The first-order chi connectivity index (χ1) is 28.5. The Morgan fingerprint density at radius 2 is 1.21 bits per heavy atom. The molecule has 1 fully saturated rings. The molecular formula is C55H53N4OPt-. The summed E-state index contributed by atoms with van der Waals surface area (Å²) >= 11 is 0. The minimum Gasteiger partial charge on any atom is -0.509 e. The number of para-hydroxylation sites is 2. The number of aromatic nitrogens is 2. The van der Waals surface area contributed by atoms with E-state index in [0.717, 1.165) is 33.3 Å². The van der Waals surface area contributed by atoms with Crippen LogP contribution in [-0.2, 0) is 37.3 Å². The van der Waals surface area contributed by atoms with Crippen molar-refractivity contribution in [3.8, 4) is 28.4 Å². The van der Waals surface area contributed by atoms with E-state index in [1.807, 2.05) is 12.3 Å². The van der Waals surface area contributed by atoms with Crippen LogP contribution in [0.15, 0.2) is 134 Å². The summed E-state index contributed by atoms with van der Waals surface area (Å²) in [5.41, 5.74) is 14.1. The van der Waals surface area contributed by atoms with Gasteiger partial charge in [0, 0.05) is 68.0 Å². The van der Waals surface area contributed by atoms with Crippen molar-refractivity contribution in [2.75, 3.05) is 0 Å². The fourth-order valence-corrected chi connectivity index (χ4v) is 9.33. The molecule has 0 radical (unpaired) electrons. The fourth-order valence-electron chi connectivity index (χ4n) is 9.33. The standard InChI is InChI=1S/C55H53N4O.Pt/c1-36-17-16-22-50(52(36)37-18-12-11-13-19-37)59-35-58(59,48-20-14-15-21-49(48)59)41-29-40(55(8,9)10)30-43(33-41)60-42-24-26-45-44-25-23-38(53(2,3)4)31-46(44)57(47(45)34-42)51-32-39(27-28-56-51)54(5,6)7;/h11-32,35H,1-10H3;/q-1;/t58?,59-;/m1./s1. The summed E-state index contributed by atoms with van der Waals surface area (Å²) in [6, 6.07) is 53.8. The molecule has 2 aliphatic rings. The molecule has 1 unspecified atom stereocenters. The second-order valence-electron chi connectivity index (χ2n) is 19.8. The smallest absolute Gasteiger partial charge is 0.225 e. The Morgan fingerprint density at radius 3 is 1.92 bits per heavy atom. The predicted molar refractivity (Wildman–Crippen MR) is 249 cm³/mol. The molecular weight excluding hydrogens is 928 g/mol. The molecule has 8 aromatic rings. The van der Waals surface area contributed by atoms with E-state index >= 15 is 0 Å². The molecule has 0 spiro atoms. The molecule has 0 bridgehead atoms. The van der Waals surface area contributed by atoms with Gasteiger partial charge in [0.2, 0.25) is 11.4 Å². The normalized spacial score (nSPS) is 18.3. The zero-order valence-corrected chi connectivity index (χ0v) is 39.1. The van der Waals surface area contributed by atoms with Gasteiger partial charge in [-0.3, -0.25) is 0 Å². The van der Waals surface area contributed by atoms with Crippen molar-refractivity contribution < 1.29 is 25.8 Å². The number of ether oxygens (including phenoxy) is 1. The monoisotopic (exact) mass is 980 g/mol. The molecule has 61 heavy (non-hydrogen) atoms. The number of pyridine rings is 1. The summed E-state index contributed by atoms with van der Waals surface area (Å²) in [7, 11) is 0. The zero-order chi connectivity index (χ0) is 42.0. The SMILES string of the molecule is Cc1cccc([N@+]23[CH-][N+]2(c2[c-]c(Oc4[c-]c5c(cc4)c4ccc(C(C)(C)C)cc4n5-c4cc(C(C)(C)C)ccn4)cc(C(C)(C)C)c2)c2ccccc23)c1-c1ccccc1.[Pt]. The Morgan fingerprint density at radius 1 is 0.574 bits per heavy atom. The van der Waals surface area contributed by atoms with Gasteiger partial charge in [-0.2, -0.15) is 10.7 Å². The third-order valence-electron chi connectivity index (χ3n) is 12.7. The first kappa shape index (κ1) is 41.1. The Hall–Kier alpha value is -5.32. The Labute approximate surface area is 375 Å². The van der Waals surface area contributed by atoms with E-state index in [4.69, 9.17) is 9.72 Å². The van der Waals surface area contributed by atoms with Crippen LogP contribution in [0.1, 0.15) is 84.6 Å². The molecule has 5 nitrogen and oxygen atoms in total. The molecule has 0 N–H and O–H groups in total. The van der Waals surface area contributed by atoms with Gasteiger partial charge in [-0.15, -0.1) is 35.2 Å². The maximum Gasteiger partial charge on any atom is 0.225 e. The van der Waals surface area contributed by atoms with E-state index < -0.39 is 0 Å². The molecule has 2 atom stereocenters. The van der Waals surface area contributed by atoms with Crippen LogP contribution in [0, 0.1) is 25.7 Å². The third kappa shape index (κ3) is 6.34. The van der Waals surface area contributed by atoms with Crippen LogP contribution in [-0.4, -0.2) is 9.55 Å². The molecule has 310 valence electrons. The van der Waals surface area contributed by atoms with Gasteiger partial charge in [-0.05, 0) is 69.0 Å². The van der Waals surface area contributed by atoms with Crippen LogP contribution in [0.5, 0.6) is 11.5 Å². The van der Waals surface area contributed by atoms with Crippen LogP contribution in [0.2, 0.25) is 0 Å². The van der Waals surface area contributed by atoms with Crippen LogP contribution in [0.3, 0.4) is 0 Å². The largest absolute Gasteiger partial charge is 0.509 e. The van der Waals surface area contributed by atoms with Gasteiger partial charge in [0.25, 0.3) is 0 Å². The number of benzene rings is 6. The Kier molecular flexibility index (Phi) is 9.49. The fraction of sp³-hybridized carbons (Fsp3) is 0.236. The average Bonchev–Trinajstić information content (AvgIpc) is 3.70. The van der Waals surface area contributed by atoms with E-state index in [1.54, 1.807) is 0 Å². The van der Waals surface area contributed by atoms with Crippen molar-refractivity contribution >= 4 is 44.6 Å². The van der Waals surface area contributed by atoms with Crippen LogP contribution < -0.4 is 13.9 Å². The average molecular weight is 981 g/mol. The summed E-state index contributed by atoms with van der Waals surface area (Å²) < 4.78 is 10.3. The molecule has 10 rings (SSSR count). The summed E-state index contributed by atoms with van der Waals surface area (Å²) in [6.45, 7) is 25.0. The molecule has 2 aromatic heterocycles. The van der Waals surface area contributed by atoms with Gasteiger partial charge in [-0.25, -0.2) is 9.58 Å².